The molecule has 11 heteroatoms. The first kappa shape index (κ1) is 74.3. The number of amides is 1. The number of rotatable bonds is 50. The van der Waals surface area contributed by atoms with E-state index in [-0.39, 0.29) is 19.4 Å². The molecule has 0 bridgehead atoms. The molecule has 0 aliphatic carbocycles. The van der Waals surface area contributed by atoms with Gasteiger partial charge < -0.3 is 45.1 Å². The standard InChI is InChI=1S/C70H111NO10/c1-4-7-10-13-16-19-22-25-27-29-30-31-32-33-35-36-39-42-45-48-51-54-57-63(74)69(78)71-61(62(73)56-53-50-47-44-41-38-24-21-18-15-12-9-6-3)60-79-70-68(67(77)66(76)64(59-72)80-70)81-65(75)58-55-52-49-46-43-40-37-34-28-26-23-20-17-14-11-8-5-2/h7-8,10-11,14,16-17,19-20,23,25-28,30-31,33-35,37,39-40,42-43,53,56,61-64,66-68,70,72-74,76-77H,4-6,9,12-13,15,18,21-22,24,29,32,36,38,41,44-52,54-55,57-60H2,1-3H3,(H,71,78)/b10-7-,11-8-,17-14+,19-16-,23-20+,27-25-,28-26-,31-30-,35-33-,37-34+,42-39-,43-40+,56-53+. The van der Waals surface area contributed by atoms with Crippen molar-refractivity contribution < 1.29 is 49.3 Å². The predicted octanol–water partition coefficient (Wildman–Crippen LogP) is 15.2. The van der Waals surface area contributed by atoms with Crippen LogP contribution in [0, 0.1) is 0 Å². The third kappa shape index (κ3) is 43.6. The Labute approximate surface area is 491 Å². The summed E-state index contributed by atoms with van der Waals surface area (Å²) in [6, 6.07) is -1.06. The highest BCUT2D eigenvalue weighted by Gasteiger charge is 2.47. The van der Waals surface area contributed by atoms with E-state index in [4.69, 9.17) is 14.2 Å². The molecule has 1 aliphatic rings. The highest BCUT2D eigenvalue weighted by atomic mass is 16.7. The Bertz CT molecular complexity index is 1920. The topological polar surface area (TPSA) is 175 Å². The van der Waals surface area contributed by atoms with Crippen molar-refractivity contribution in [1.29, 1.82) is 0 Å². The molecule has 1 heterocycles. The van der Waals surface area contributed by atoms with Gasteiger partial charge in [-0.2, -0.15) is 0 Å². The van der Waals surface area contributed by atoms with E-state index >= 15 is 0 Å². The molecule has 1 amide bonds. The van der Waals surface area contributed by atoms with Gasteiger partial charge in [-0.3, -0.25) is 9.59 Å². The quantitative estimate of drug-likeness (QED) is 0.0149. The number of hydrogen-bond donors (Lipinski definition) is 6. The van der Waals surface area contributed by atoms with Gasteiger partial charge in [-0.15, -0.1) is 0 Å². The molecule has 0 spiro atoms. The van der Waals surface area contributed by atoms with Crippen LogP contribution in [0.5, 0.6) is 0 Å². The maximum absolute atomic E-state index is 13.4. The minimum absolute atomic E-state index is 0.0587. The van der Waals surface area contributed by atoms with Crippen LogP contribution in [0.2, 0.25) is 0 Å². The number of ether oxygens (including phenoxy) is 3. The highest BCUT2D eigenvalue weighted by molar-refractivity contribution is 5.80. The number of aliphatic hydroxyl groups is 5. The number of hydrogen-bond acceptors (Lipinski definition) is 10. The largest absolute Gasteiger partial charge is 0.454 e. The molecule has 1 saturated heterocycles. The fraction of sp³-hybridized carbons (Fsp3) is 0.600. The lowest BCUT2D eigenvalue weighted by Crippen LogP contribution is -2.61. The van der Waals surface area contributed by atoms with E-state index in [0.29, 0.717) is 12.8 Å². The SMILES string of the molecule is CC\C=C/C=C/C=C/C=C\C=C\C=C\CCCCCC(=O)OC1C(OCC(NC(=O)C(O)CCCCC/C=C\C/C=C\C/C=C\C/C=C\C/C=C\C/C=C\CC)C(O)/C=C/CCCCCCCCCCCCC)OC(CO)C(O)C1O. The van der Waals surface area contributed by atoms with E-state index in [1.807, 2.05) is 66.8 Å². The van der Waals surface area contributed by atoms with Gasteiger partial charge in [0.2, 0.25) is 5.91 Å². The van der Waals surface area contributed by atoms with Gasteiger partial charge in [0.05, 0.1) is 25.4 Å². The van der Waals surface area contributed by atoms with Gasteiger partial charge in [0.25, 0.3) is 0 Å². The molecule has 1 aliphatic heterocycles. The Hall–Kier alpha value is -4.72. The lowest BCUT2D eigenvalue weighted by molar-refractivity contribution is -0.305. The van der Waals surface area contributed by atoms with Crippen LogP contribution in [0.1, 0.15) is 207 Å². The second kappa shape index (κ2) is 55.8. The van der Waals surface area contributed by atoms with Crippen LogP contribution in [-0.2, 0) is 23.8 Å². The number of aliphatic hydroxyl groups excluding tert-OH is 5. The summed E-state index contributed by atoms with van der Waals surface area (Å²) in [5, 5.41) is 57.0. The Morgan fingerprint density at radius 1 is 0.506 bits per heavy atom. The van der Waals surface area contributed by atoms with Crippen molar-refractivity contribution in [2.45, 2.75) is 256 Å². The third-order valence-corrected chi connectivity index (χ3v) is 13.6. The number of carbonyl (C=O) groups excluding carboxylic acids is 2. The van der Waals surface area contributed by atoms with E-state index in [0.717, 1.165) is 109 Å². The fourth-order valence-corrected chi connectivity index (χ4v) is 8.68. The molecule has 0 aromatic carbocycles. The molecule has 8 unspecified atom stereocenters. The van der Waals surface area contributed by atoms with Gasteiger partial charge in [0.1, 0.15) is 24.4 Å². The van der Waals surface area contributed by atoms with Gasteiger partial charge in [0, 0.05) is 6.42 Å². The lowest BCUT2D eigenvalue weighted by atomic mass is 9.99. The summed E-state index contributed by atoms with van der Waals surface area (Å²) < 4.78 is 17.6. The Kier molecular flexibility index (Phi) is 51.2. The van der Waals surface area contributed by atoms with Crippen LogP contribution in [0.25, 0.3) is 0 Å². The van der Waals surface area contributed by atoms with Gasteiger partial charge in [0.15, 0.2) is 12.4 Å². The zero-order chi connectivity index (χ0) is 58.9. The van der Waals surface area contributed by atoms with Crippen LogP contribution < -0.4 is 5.32 Å². The maximum Gasteiger partial charge on any atom is 0.306 e. The molecular weight excluding hydrogens is 1010 g/mol. The summed E-state index contributed by atoms with van der Waals surface area (Å²) in [6.07, 6.45) is 71.3. The van der Waals surface area contributed by atoms with Crippen LogP contribution >= 0.6 is 0 Å². The van der Waals surface area contributed by atoms with E-state index in [1.165, 1.54) is 51.4 Å². The molecule has 456 valence electrons. The molecule has 1 rings (SSSR count). The highest BCUT2D eigenvalue weighted by Crippen LogP contribution is 2.26. The molecule has 0 aromatic heterocycles. The van der Waals surface area contributed by atoms with Crippen molar-refractivity contribution in [2.24, 2.45) is 0 Å². The summed E-state index contributed by atoms with van der Waals surface area (Å²) in [4.78, 5) is 26.6. The molecule has 0 radical (unpaired) electrons. The monoisotopic (exact) mass is 1130 g/mol. The first-order valence-electron chi connectivity index (χ1n) is 31.3. The first-order chi connectivity index (χ1) is 39.7. The molecular formula is C70H111NO10. The average Bonchev–Trinajstić information content (AvgIpc) is 3.46. The van der Waals surface area contributed by atoms with Crippen molar-refractivity contribution in [2.75, 3.05) is 13.2 Å². The van der Waals surface area contributed by atoms with Crippen molar-refractivity contribution in [1.82, 2.24) is 5.32 Å². The molecule has 8 atom stereocenters. The second-order valence-electron chi connectivity index (χ2n) is 20.8. The van der Waals surface area contributed by atoms with Gasteiger partial charge in [-0.1, -0.05) is 262 Å². The number of esters is 1. The van der Waals surface area contributed by atoms with Gasteiger partial charge in [-0.05, 0) is 96.3 Å². The summed E-state index contributed by atoms with van der Waals surface area (Å²) >= 11 is 0. The number of allylic oxidation sites excluding steroid dienone is 25. The van der Waals surface area contributed by atoms with Crippen molar-refractivity contribution in [3.05, 3.63) is 158 Å². The normalized spacial score (nSPS) is 19.8. The Morgan fingerprint density at radius 3 is 1.48 bits per heavy atom. The summed E-state index contributed by atoms with van der Waals surface area (Å²) in [5.41, 5.74) is 0. The van der Waals surface area contributed by atoms with E-state index < -0.39 is 67.4 Å². The molecule has 81 heavy (non-hydrogen) atoms. The molecule has 0 aromatic rings. The van der Waals surface area contributed by atoms with Crippen LogP contribution in [-0.4, -0.2) is 99.6 Å². The van der Waals surface area contributed by atoms with E-state index in [9.17, 15) is 35.1 Å². The zero-order valence-corrected chi connectivity index (χ0v) is 50.3. The summed E-state index contributed by atoms with van der Waals surface area (Å²) in [5.74, 6) is -1.28. The minimum atomic E-state index is -1.65. The van der Waals surface area contributed by atoms with Crippen molar-refractivity contribution in [3.8, 4) is 0 Å². The molecule has 0 saturated carbocycles. The number of unbranched alkanes of at least 4 members (excludes halogenated alkanes) is 17. The number of nitrogens with one attached hydrogen (secondary N) is 1. The fourth-order valence-electron chi connectivity index (χ4n) is 8.68. The summed E-state index contributed by atoms with van der Waals surface area (Å²) in [6.45, 7) is 5.47. The third-order valence-electron chi connectivity index (χ3n) is 13.6. The Morgan fingerprint density at radius 2 is 0.951 bits per heavy atom. The molecule has 6 N–H and O–H groups in total. The lowest BCUT2D eigenvalue weighted by Gasteiger charge is -2.41. The average molecular weight is 1130 g/mol. The number of carbonyl (C=O) groups is 2. The molecule has 11 nitrogen and oxygen atoms in total. The van der Waals surface area contributed by atoms with Crippen LogP contribution in [0.15, 0.2) is 158 Å². The van der Waals surface area contributed by atoms with E-state index in [2.05, 4.69) is 111 Å². The predicted molar refractivity (Wildman–Crippen MR) is 337 cm³/mol. The maximum atomic E-state index is 13.4. The van der Waals surface area contributed by atoms with Gasteiger partial charge >= 0.3 is 5.97 Å². The Balaban J connectivity index is 2.75. The smallest absolute Gasteiger partial charge is 0.306 e. The van der Waals surface area contributed by atoms with Gasteiger partial charge in [-0.25, -0.2) is 0 Å². The minimum Gasteiger partial charge on any atom is -0.454 e. The second-order valence-corrected chi connectivity index (χ2v) is 20.8. The van der Waals surface area contributed by atoms with E-state index in [1.54, 1.807) is 6.08 Å². The first-order valence-corrected chi connectivity index (χ1v) is 31.3. The molecule has 1 fully saturated rings. The van der Waals surface area contributed by atoms with Crippen molar-refractivity contribution >= 4 is 11.9 Å². The van der Waals surface area contributed by atoms with Crippen LogP contribution in [0.4, 0.5) is 0 Å². The summed E-state index contributed by atoms with van der Waals surface area (Å²) in [7, 11) is 0. The van der Waals surface area contributed by atoms with Crippen molar-refractivity contribution in [3.63, 3.8) is 0 Å². The van der Waals surface area contributed by atoms with Crippen LogP contribution in [0.3, 0.4) is 0 Å². The zero-order valence-electron chi connectivity index (χ0n) is 50.3.